The smallest absolute Gasteiger partial charge is 0.250 e. The number of carbonyl (C=O) groups excluding carboxylic acids is 1. The number of amides is 1. The van der Waals surface area contributed by atoms with Gasteiger partial charge in [0.2, 0.25) is 0 Å². The van der Waals surface area contributed by atoms with Gasteiger partial charge in [0, 0.05) is 13.1 Å². The number of hydrogen-bond acceptors (Lipinski definition) is 4. The summed E-state index contributed by atoms with van der Waals surface area (Å²) in [7, 11) is 0. The lowest BCUT2D eigenvalue weighted by atomic mass is 10.0. The van der Waals surface area contributed by atoms with Crippen LogP contribution in [0.1, 0.15) is 27.7 Å². The number of carbonyl (C=O) groups is 1. The second-order valence-corrected chi connectivity index (χ2v) is 4.80. The topological polar surface area (TPSA) is 67.6 Å². The zero-order chi connectivity index (χ0) is 11.6. The first-order chi connectivity index (χ1) is 6.85. The zero-order valence-electron chi connectivity index (χ0n) is 9.91. The summed E-state index contributed by atoms with van der Waals surface area (Å²) in [6, 6.07) is -0.208. The molecule has 0 saturated carbocycles. The standard InChI is InChI=1S/C10H21N3O2/c1-7-5-13(6-10(3,4)15-7)8(2)9(14)12-11/h7-8H,5-6,11H2,1-4H3,(H,12,14). The molecule has 15 heavy (non-hydrogen) atoms. The third-order valence-electron chi connectivity index (χ3n) is 2.67. The van der Waals surface area contributed by atoms with Gasteiger partial charge in [0.15, 0.2) is 0 Å². The Balaban J connectivity index is 2.66. The molecule has 1 heterocycles. The van der Waals surface area contributed by atoms with Gasteiger partial charge in [-0.2, -0.15) is 0 Å². The SMILES string of the molecule is CC1CN(C(C)C(=O)NN)CC(C)(C)O1. The van der Waals surface area contributed by atoms with Gasteiger partial charge in [0.25, 0.3) is 5.91 Å². The van der Waals surface area contributed by atoms with E-state index in [4.69, 9.17) is 10.6 Å². The van der Waals surface area contributed by atoms with Crippen LogP contribution in [0.25, 0.3) is 0 Å². The summed E-state index contributed by atoms with van der Waals surface area (Å²) in [6.07, 6.45) is 0.141. The van der Waals surface area contributed by atoms with Crippen LogP contribution in [0.3, 0.4) is 0 Å². The van der Waals surface area contributed by atoms with Crippen molar-refractivity contribution in [1.82, 2.24) is 10.3 Å². The van der Waals surface area contributed by atoms with Gasteiger partial charge in [-0.05, 0) is 27.7 Å². The van der Waals surface area contributed by atoms with E-state index in [0.29, 0.717) is 0 Å². The maximum Gasteiger partial charge on any atom is 0.250 e. The molecule has 0 aromatic rings. The third-order valence-corrected chi connectivity index (χ3v) is 2.67. The maximum atomic E-state index is 11.4. The van der Waals surface area contributed by atoms with Gasteiger partial charge in [-0.1, -0.05) is 0 Å². The predicted octanol–water partition coefficient (Wildman–Crippen LogP) is -0.136. The third kappa shape index (κ3) is 3.15. The molecule has 1 aliphatic rings. The largest absolute Gasteiger partial charge is 0.370 e. The zero-order valence-corrected chi connectivity index (χ0v) is 9.91. The second kappa shape index (κ2) is 4.47. The van der Waals surface area contributed by atoms with Crippen LogP contribution in [0.5, 0.6) is 0 Å². The van der Waals surface area contributed by atoms with Crippen molar-refractivity contribution >= 4 is 5.91 Å². The number of nitrogens with zero attached hydrogens (tertiary/aromatic N) is 1. The summed E-state index contributed by atoms with van der Waals surface area (Å²) >= 11 is 0. The van der Waals surface area contributed by atoms with E-state index in [-0.39, 0.29) is 23.7 Å². The molecule has 0 spiro atoms. The van der Waals surface area contributed by atoms with Crippen LogP contribution >= 0.6 is 0 Å². The quantitative estimate of drug-likeness (QED) is 0.382. The van der Waals surface area contributed by atoms with Gasteiger partial charge >= 0.3 is 0 Å². The first-order valence-corrected chi connectivity index (χ1v) is 5.28. The van der Waals surface area contributed by atoms with E-state index in [1.54, 1.807) is 0 Å². The number of ether oxygens (including phenoxy) is 1. The molecule has 2 unspecified atom stereocenters. The Bertz CT molecular complexity index is 243. The highest BCUT2D eigenvalue weighted by Crippen LogP contribution is 2.22. The van der Waals surface area contributed by atoms with Crippen LogP contribution in [0.2, 0.25) is 0 Å². The minimum Gasteiger partial charge on any atom is -0.370 e. The monoisotopic (exact) mass is 215 g/mol. The molecule has 1 fully saturated rings. The van der Waals surface area contributed by atoms with Gasteiger partial charge in [0.1, 0.15) is 0 Å². The lowest BCUT2D eigenvalue weighted by Gasteiger charge is -2.43. The van der Waals surface area contributed by atoms with Crippen molar-refractivity contribution < 1.29 is 9.53 Å². The van der Waals surface area contributed by atoms with Crippen molar-refractivity contribution in [3.63, 3.8) is 0 Å². The van der Waals surface area contributed by atoms with Gasteiger partial charge in [-0.15, -0.1) is 0 Å². The molecule has 0 radical (unpaired) electrons. The Hall–Kier alpha value is -0.650. The first kappa shape index (κ1) is 12.4. The van der Waals surface area contributed by atoms with E-state index < -0.39 is 0 Å². The summed E-state index contributed by atoms with van der Waals surface area (Å²) in [6.45, 7) is 9.44. The maximum absolute atomic E-state index is 11.4. The van der Waals surface area contributed by atoms with Gasteiger partial charge in [-0.3, -0.25) is 15.1 Å². The highest BCUT2D eigenvalue weighted by Gasteiger charge is 2.35. The Labute approximate surface area is 90.9 Å². The van der Waals surface area contributed by atoms with E-state index in [0.717, 1.165) is 13.1 Å². The van der Waals surface area contributed by atoms with Crippen LogP contribution in [0, 0.1) is 0 Å². The fourth-order valence-corrected chi connectivity index (χ4v) is 2.08. The summed E-state index contributed by atoms with van der Waals surface area (Å²) in [5.41, 5.74) is 1.98. The molecular formula is C10H21N3O2. The van der Waals surface area contributed by atoms with Crippen molar-refractivity contribution in [1.29, 1.82) is 0 Å². The number of morpholine rings is 1. The first-order valence-electron chi connectivity index (χ1n) is 5.28. The lowest BCUT2D eigenvalue weighted by molar-refractivity contribution is -0.148. The van der Waals surface area contributed by atoms with Crippen molar-refractivity contribution in [3.8, 4) is 0 Å². The van der Waals surface area contributed by atoms with E-state index in [1.807, 2.05) is 27.7 Å². The van der Waals surface area contributed by atoms with Crippen LogP contribution in [0.4, 0.5) is 0 Å². The molecule has 2 atom stereocenters. The molecule has 1 rings (SSSR count). The molecule has 0 aromatic heterocycles. The highest BCUT2D eigenvalue weighted by molar-refractivity contribution is 5.80. The Morgan fingerprint density at radius 2 is 2.27 bits per heavy atom. The van der Waals surface area contributed by atoms with Gasteiger partial charge < -0.3 is 4.74 Å². The van der Waals surface area contributed by atoms with Crippen molar-refractivity contribution in [2.24, 2.45) is 5.84 Å². The normalized spacial score (nSPS) is 28.5. The average Bonchev–Trinajstić information content (AvgIpc) is 2.12. The molecular weight excluding hydrogens is 194 g/mol. The summed E-state index contributed by atoms with van der Waals surface area (Å²) in [4.78, 5) is 13.5. The molecule has 3 N–H and O–H groups in total. The number of nitrogens with two attached hydrogens (primary N) is 1. The molecule has 0 aromatic carbocycles. The van der Waals surface area contributed by atoms with Crippen LogP contribution in [0.15, 0.2) is 0 Å². The molecule has 0 bridgehead atoms. The molecule has 5 heteroatoms. The Morgan fingerprint density at radius 1 is 1.67 bits per heavy atom. The fraction of sp³-hybridized carbons (Fsp3) is 0.900. The molecule has 1 saturated heterocycles. The van der Waals surface area contributed by atoms with Crippen LogP contribution < -0.4 is 11.3 Å². The fourth-order valence-electron chi connectivity index (χ4n) is 2.08. The minimum atomic E-state index is -0.208. The Kier molecular flexibility index (Phi) is 3.70. The highest BCUT2D eigenvalue weighted by atomic mass is 16.5. The van der Waals surface area contributed by atoms with Crippen molar-refractivity contribution in [2.45, 2.75) is 45.4 Å². The summed E-state index contributed by atoms with van der Waals surface area (Å²) in [5.74, 6) is 4.97. The van der Waals surface area contributed by atoms with Gasteiger partial charge in [0.05, 0.1) is 17.7 Å². The van der Waals surface area contributed by atoms with E-state index >= 15 is 0 Å². The van der Waals surface area contributed by atoms with Crippen molar-refractivity contribution in [3.05, 3.63) is 0 Å². The molecule has 1 aliphatic heterocycles. The van der Waals surface area contributed by atoms with E-state index in [1.165, 1.54) is 0 Å². The van der Waals surface area contributed by atoms with E-state index in [9.17, 15) is 4.79 Å². The van der Waals surface area contributed by atoms with Crippen molar-refractivity contribution in [2.75, 3.05) is 13.1 Å². The Morgan fingerprint density at radius 3 is 2.73 bits per heavy atom. The number of rotatable bonds is 2. The summed E-state index contributed by atoms with van der Waals surface area (Å²) < 4.78 is 5.76. The minimum absolute atomic E-state index is 0.141. The molecule has 88 valence electrons. The number of hydrazine groups is 1. The van der Waals surface area contributed by atoms with Crippen LogP contribution in [-0.4, -0.2) is 41.6 Å². The molecule has 1 amide bonds. The lowest BCUT2D eigenvalue weighted by Crippen LogP contribution is -2.58. The molecule has 0 aliphatic carbocycles. The molecule has 5 nitrogen and oxygen atoms in total. The average molecular weight is 215 g/mol. The van der Waals surface area contributed by atoms with E-state index in [2.05, 4.69) is 10.3 Å². The second-order valence-electron chi connectivity index (χ2n) is 4.80. The predicted molar refractivity (Wildman–Crippen MR) is 58.0 cm³/mol. The van der Waals surface area contributed by atoms with Crippen LogP contribution in [-0.2, 0) is 9.53 Å². The van der Waals surface area contributed by atoms with Gasteiger partial charge in [-0.25, -0.2) is 5.84 Å². The number of hydrogen-bond donors (Lipinski definition) is 2. The summed E-state index contributed by atoms with van der Waals surface area (Å²) in [5, 5.41) is 0. The number of nitrogens with one attached hydrogen (secondary N) is 1.